The molecule has 0 saturated carbocycles. The summed E-state index contributed by atoms with van der Waals surface area (Å²) in [6.07, 6.45) is 0. The smallest absolute Gasteiger partial charge is 0.256 e. The molecule has 0 atom stereocenters. The minimum atomic E-state index is -0.209. The van der Waals surface area contributed by atoms with E-state index in [4.69, 9.17) is 0 Å². The maximum absolute atomic E-state index is 12.4. The zero-order valence-electron chi connectivity index (χ0n) is 15.3. The minimum absolute atomic E-state index is 0. The predicted octanol–water partition coefficient (Wildman–Crippen LogP) is 3.88. The van der Waals surface area contributed by atoms with Crippen molar-refractivity contribution < 1.29 is 9.59 Å². The van der Waals surface area contributed by atoms with E-state index in [2.05, 4.69) is 29.8 Å². The standard InChI is InChI=1S/C19H25N3O2S.ClH/c1-4-20-10-11-21-18(24)16-9-12-25-19(16)22-17(23)15-7-5-14(6-8-15)13(2)3;/h5-9,12-13,20H,4,10-11H2,1-3H3,(H,21,24)(H,22,23);1H. The molecule has 26 heavy (non-hydrogen) atoms. The topological polar surface area (TPSA) is 70.2 Å². The first-order chi connectivity index (χ1) is 12.0. The lowest BCUT2D eigenvalue weighted by molar-refractivity contribution is 0.0955. The normalized spacial score (nSPS) is 10.3. The highest BCUT2D eigenvalue weighted by atomic mass is 35.5. The molecule has 2 rings (SSSR count). The summed E-state index contributed by atoms with van der Waals surface area (Å²) in [5, 5.41) is 11.2. The van der Waals surface area contributed by atoms with E-state index in [0.717, 1.165) is 13.1 Å². The van der Waals surface area contributed by atoms with Gasteiger partial charge in [-0.15, -0.1) is 23.7 Å². The molecule has 2 amide bonds. The van der Waals surface area contributed by atoms with Crippen molar-refractivity contribution in [3.05, 3.63) is 52.4 Å². The molecule has 7 heteroatoms. The molecule has 3 N–H and O–H groups in total. The van der Waals surface area contributed by atoms with Crippen LogP contribution in [0.3, 0.4) is 0 Å². The van der Waals surface area contributed by atoms with Crippen molar-refractivity contribution >= 4 is 40.6 Å². The summed E-state index contributed by atoms with van der Waals surface area (Å²) in [7, 11) is 0. The van der Waals surface area contributed by atoms with Gasteiger partial charge in [0, 0.05) is 18.7 Å². The Bertz CT molecular complexity index is 714. The van der Waals surface area contributed by atoms with Gasteiger partial charge >= 0.3 is 0 Å². The van der Waals surface area contributed by atoms with Gasteiger partial charge < -0.3 is 16.0 Å². The van der Waals surface area contributed by atoms with Gasteiger partial charge in [0.25, 0.3) is 11.8 Å². The minimum Gasteiger partial charge on any atom is -0.351 e. The summed E-state index contributed by atoms with van der Waals surface area (Å²) in [5.74, 6) is 0.0379. The number of amides is 2. The summed E-state index contributed by atoms with van der Waals surface area (Å²) >= 11 is 1.34. The molecule has 0 unspecified atom stereocenters. The SMILES string of the molecule is CCNCCNC(=O)c1ccsc1NC(=O)c1ccc(C(C)C)cc1.Cl. The number of hydrogen-bond donors (Lipinski definition) is 3. The molecule has 0 aliphatic rings. The Morgan fingerprint density at radius 3 is 2.35 bits per heavy atom. The second-order valence-corrected chi connectivity index (χ2v) is 6.92. The van der Waals surface area contributed by atoms with E-state index < -0.39 is 0 Å². The molecule has 1 aromatic heterocycles. The third-order valence-electron chi connectivity index (χ3n) is 3.81. The van der Waals surface area contributed by atoms with Crippen LogP contribution >= 0.6 is 23.7 Å². The molecule has 2 aromatic rings. The van der Waals surface area contributed by atoms with Gasteiger partial charge in [-0.05, 0) is 41.6 Å². The van der Waals surface area contributed by atoms with E-state index in [1.165, 1.54) is 16.9 Å². The Kier molecular flexibility index (Phi) is 9.34. The van der Waals surface area contributed by atoms with Gasteiger partial charge in [0.05, 0.1) is 5.56 Å². The first kappa shape index (κ1) is 22.2. The van der Waals surface area contributed by atoms with E-state index >= 15 is 0 Å². The number of anilines is 1. The van der Waals surface area contributed by atoms with E-state index in [0.29, 0.717) is 28.6 Å². The van der Waals surface area contributed by atoms with Gasteiger partial charge in [0.2, 0.25) is 0 Å². The van der Waals surface area contributed by atoms with E-state index in [9.17, 15) is 9.59 Å². The fourth-order valence-corrected chi connectivity index (χ4v) is 3.10. The Morgan fingerprint density at radius 2 is 1.73 bits per heavy atom. The van der Waals surface area contributed by atoms with Crippen molar-refractivity contribution in [2.24, 2.45) is 0 Å². The van der Waals surface area contributed by atoms with Crippen LogP contribution in [0.5, 0.6) is 0 Å². The Labute approximate surface area is 165 Å². The summed E-state index contributed by atoms with van der Waals surface area (Å²) in [5.41, 5.74) is 2.26. The Hall–Kier alpha value is -1.89. The largest absolute Gasteiger partial charge is 0.351 e. The summed E-state index contributed by atoms with van der Waals surface area (Å²) < 4.78 is 0. The average molecular weight is 396 g/mol. The molecule has 0 radical (unpaired) electrons. The molecule has 1 aromatic carbocycles. The second-order valence-electron chi connectivity index (χ2n) is 6.00. The zero-order valence-corrected chi connectivity index (χ0v) is 16.9. The molecule has 0 fully saturated rings. The predicted molar refractivity (Wildman–Crippen MR) is 111 cm³/mol. The highest BCUT2D eigenvalue weighted by molar-refractivity contribution is 7.14. The molecule has 0 bridgehead atoms. The number of likely N-dealkylation sites (N-methyl/N-ethyl adjacent to an activating group) is 1. The van der Waals surface area contributed by atoms with Crippen LogP contribution in [0.25, 0.3) is 0 Å². The highest BCUT2D eigenvalue weighted by Gasteiger charge is 2.15. The van der Waals surface area contributed by atoms with E-state index in [1.54, 1.807) is 11.4 Å². The first-order valence-corrected chi connectivity index (χ1v) is 9.38. The van der Waals surface area contributed by atoms with Gasteiger partial charge in [-0.3, -0.25) is 9.59 Å². The van der Waals surface area contributed by atoms with Gasteiger partial charge in [-0.25, -0.2) is 0 Å². The maximum Gasteiger partial charge on any atom is 0.256 e. The molecule has 1 heterocycles. The van der Waals surface area contributed by atoms with Crippen molar-refractivity contribution in [1.82, 2.24) is 10.6 Å². The van der Waals surface area contributed by atoms with Crippen molar-refractivity contribution in [2.75, 3.05) is 25.0 Å². The Balaban J connectivity index is 0.00000338. The van der Waals surface area contributed by atoms with Crippen LogP contribution in [-0.4, -0.2) is 31.4 Å². The van der Waals surface area contributed by atoms with Crippen LogP contribution in [-0.2, 0) is 0 Å². The third-order valence-corrected chi connectivity index (χ3v) is 4.64. The van der Waals surface area contributed by atoms with Crippen LogP contribution < -0.4 is 16.0 Å². The summed E-state index contributed by atoms with van der Waals surface area (Å²) in [4.78, 5) is 24.7. The van der Waals surface area contributed by atoms with Crippen LogP contribution in [0.4, 0.5) is 5.00 Å². The van der Waals surface area contributed by atoms with Crippen LogP contribution in [0.2, 0.25) is 0 Å². The van der Waals surface area contributed by atoms with Gasteiger partial charge in [0.15, 0.2) is 0 Å². The van der Waals surface area contributed by atoms with E-state index in [1.807, 2.05) is 31.2 Å². The van der Waals surface area contributed by atoms with Crippen molar-refractivity contribution in [2.45, 2.75) is 26.7 Å². The molecule has 0 saturated heterocycles. The summed E-state index contributed by atoms with van der Waals surface area (Å²) in [6, 6.07) is 9.28. The van der Waals surface area contributed by atoms with Crippen LogP contribution in [0.15, 0.2) is 35.7 Å². The monoisotopic (exact) mass is 395 g/mol. The van der Waals surface area contributed by atoms with E-state index in [-0.39, 0.29) is 24.2 Å². The second kappa shape index (κ2) is 11.0. The molecule has 0 aliphatic carbocycles. The number of carbonyl (C=O) groups excluding carboxylic acids is 2. The fourth-order valence-electron chi connectivity index (χ4n) is 2.32. The molecule has 5 nitrogen and oxygen atoms in total. The lowest BCUT2D eigenvalue weighted by Crippen LogP contribution is -2.32. The summed E-state index contributed by atoms with van der Waals surface area (Å²) in [6.45, 7) is 8.37. The zero-order chi connectivity index (χ0) is 18.2. The number of thiophene rings is 1. The van der Waals surface area contributed by atoms with Gasteiger partial charge in [-0.2, -0.15) is 0 Å². The molecule has 0 spiro atoms. The number of benzene rings is 1. The Morgan fingerprint density at radius 1 is 1.04 bits per heavy atom. The number of rotatable bonds is 8. The number of hydrogen-bond acceptors (Lipinski definition) is 4. The van der Waals surface area contributed by atoms with Crippen LogP contribution in [0.1, 0.15) is 53.0 Å². The lowest BCUT2D eigenvalue weighted by atomic mass is 10.0. The first-order valence-electron chi connectivity index (χ1n) is 8.50. The van der Waals surface area contributed by atoms with Crippen LogP contribution in [0, 0.1) is 0 Å². The maximum atomic E-state index is 12.4. The number of carbonyl (C=O) groups is 2. The highest BCUT2D eigenvalue weighted by Crippen LogP contribution is 2.24. The van der Waals surface area contributed by atoms with Crippen molar-refractivity contribution in [3.63, 3.8) is 0 Å². The third kappa shape index (κ3) is 6.12. The fraction of sp³-hybridized carbons (Fsp3) is 0.368. The lowest BCUT2D eigenvalue weighted by Gasteiger charge is -2.09. The molecular formula is C19H26ClN3O2S. The molecule has 142 valence electrons. The average Bonchev–Trinajstić information content (AvgIpc) is 3.06. The number of nitrogens with one attached hydrogen (secondary N) is 3. The van der Waals surface area contributed by atoms with Gasteiger partial charge in [0.1, 0.15) is 5.00 Å². The quantitative estimate of drug-likeness (QED) is 0.594. The molecular weight excluding hydrogens is 370 g/mol. The van der Waals surface area contributed by atoms with Gasteiger partial charge in [-0.1, -0.05) is 32.9 Å². The number of halogens is 1. The van der Waals surface area contributed by atoms with Crippen molar-refractivity contribution in [1.29, 1.82) is 0 Å². The van der Waals surface area contributed by atoms with Crippen molar-refractivity contribution in [3.8, 4) is 0 Å². The molecule has 0 aliphatic heterocycles.